The van der Waals surface area contributed by atoms with Gasteiger partial charge in [0.1, 0.15) is 0 Å². The summed E-state index contributed by atoms with van der Waals surface area (Å²) in [5, 5.41) is 3.02. The maximum Gasteiger partial charge on any atom is 0.317 e. The minimum atomic E-state index is -0.0124. The third-order valence-electron chi connectivity index (χ3n) is 4.44. The van der Waals surface area contributed by atoms with Gasteiger partial charge < -0.3 is 19.9 Å². The third kappa shape index (κ3) is 4.48. The molecule has 1 aliphatic rings. The lowest BCUT2D eigenvalue weighted by Crippen LogP contribution is -2.51. The molecule has 3 rings (SSSR count). The Bertz CT molecular complexity index is 685. The van der Waals surface area contributed by atoms with E-state index in [4.69, 9.17) is 4.74 Å². The number of aromatic nitrogens is 1. The molecule has 0 atom stereocenters. The molecule has 0 bridgehead atoms. The number of hydrogen-bond donors (Lipinski definition) is 1. The molecule has 0 radical (unpaired) electrons. The Morgan fingerprint density at radius 2 is 1.76 bits per heavy atom. The number of carbonyl (C=O) groups is 1. The van der Waals surface area contributed by atoms with Gasteiger partial charge in [0.15, 0.2) is 0 Å². The first-order chi connectivity index (χ1) is 12.3. The molecule has 1 fully saturated rings. The van der Waals surface area contributed by atoms with Crippen LogP contribution < -0.4 is 10.2 Å². The smallest absolute Gasteiger partial charge is 0.317 e. The van der Waals surface area contributed by atoms with E-state index in [1.165, 1.54) is 0 Å². The minimum absolute atomic E-state index is 0.0124. The number of benzene rings is 1. The number of amides is 2. The van der Waals surface area contributed by atoms with Crippen LogP contribution in [0.5, 0.6) is 0 Å². The van der Waals surface area contributed by atoms with E-state index in [1.807, 2.05) is 41.3 Å². The lowest BCUT2D eigenvalue weighted by Gasteiger charge is -2.36. The highest BCUT2D eigenvalue weighted by atomic mass is 16.5. The molecule has 0 spiro atoms. The highest BCUT2D eigenvalue weighted by Crippen LogP contribution is 2.15. The van der Waals surface area contributed by atoms with Gasteiger partial charge in [0, 0.05) is 57.9 Å². The molecule has 1 aromatic heterocycles. The van der Waals surface area contributed by atoms with Gasteiger partial charge in [-0.15, -0.1) is 0 Å². The van der Waals surface area contributed by atoms with Crippen molar-refractivity contribution in [3.63, 3.8) is 0 Å². The second-order valence-electron chi connectivity index (χ2n) is 6.04. The third-order valence-corrected chi connectivity index (χ3v) is 4.44. The van der Waals surface area contributed by atoms with E-state index in [-0.39, 0.29) is 6.03 Å². The summed E-state index contributed by atoms with van der Waals surface area (Å²) >= 11 is 0. The molecule has 1 saturated heterocycles. The van der Waals surface area contributed by atoms with Gasteiger partial charge in [0.05, 0.1) is 6.61 Å². The first kappa shape index (κ1) is 17.2. The zero-order valence-electron chi connectivity index (χ0n) is 14.5. The second kappa shape index (κ2) is 8.48. The Morgan fingerprint density at radius 3 is 2.44 bits per heavy atom. The molecular formula is C19H24N4O2. The van der Waals surface area contributed by atoms with E-state index in [2.05, 4.69) is 15.2 Å². The predicted molar refractivity (Wildman–Crippen MR) is 97.4 cm³/mol. The van der Waals surface area contributed by atoms with Crippen LogP contribution in [0.3, 0.4) is 0 Å². The monoisotopic (exact) mass is 340 g/mol. The van der Waals surface area contributed by atoms with Crippen molar-refractivity contribution in [3.05, 3.63) is 59.9 Å². The Morgan fingerprint density at radius 1 is 1.08 bits per heavy atom. The van der Waals surface area contributed by atoms with Crippen LogP contribution >= 0.6 is 0 Å². The summed E-state index contributed by atoms with van der Waals surface area (Å²) in [6.45, 7) is 4.16. The van der Waals surface area contributed by atoms with E-state index in [1.54, 1.807) is 19.5 Å². The number of methoxy groups -OCH3 is 1. The molecule has 25 heavy (non-hydrogen) atoms. The van der Waals surface area contributed by atoms with Crippen molar-refractivity contribution >= 4 is 11.7 Å². The average Bonchev–Trinajstić information content (AvgIpc) is 2.68. The lowest BCUT2D eigenvalue weighted by molar-refractivity contribution is 0.183. The van der Waals surface area contributed by atoms with Crippen LogP contribution in [0.4, 0.5) is 10.5 Å². The summed E-state index contributed by atoms with van der Waals surface area (Å²) in [6.07, 6.45) is 3.59. The molecule has 0 saturated carbocycles. The highest BCUT2D eigenvalue weighted by Gasteiger charge is 2.21. The van der Waals surface area contributed by atoms with Gasteiger partial charge in [-0.1, -0.05) is 24.3 Å². The largest absolute Gasteiger partial charge is 0.380 e. The summed E-state index contributed by atoms with van der Waals surface area (Å²) in [6, 6.07) is 12.0. The van der Waals surface area contributed by atoms with E-state index < -0.39 is 0 Å². The molecule has 1 aromatic carbocycles. The number of ether oxygens (including phenoxy) is 1. The van der Waals surface area contributed by atoms with Gasteiger partial charge >= 0.3 is 6.03 Å². The molecule has 0 unspecified atom stereocenters. The van der Waals surface area contributed by atoms with Crippen LogP contribution in [-0.2, 0) is 17.9 Å². The first-order valence-electron chi connectivity index (χ1n) is 8.51. The Kier molecular flexibility index (Phi) is 5.85. The maximum atomic E-state index is 12.4. The fourth-order valence-electron chi connectivity index (χ4n) is 3.03. The zero-order valence-corrected chi connectivity index (χ0v) is 14.5. The number of pyridine rings is 1. The molecule has 132 valence electrons. The van der Waals surface area contributed by atoms with E-state index in [0.29, 0.717) is 26.2 Å². The van der Waals surface area contributed by atoms with Crippen molar-refractivity contribution in [1.29, 1.82) is 0 Å². The SMILES string of the molecule is COCc1ccccc1CNC(=O)N1CCN(c2ccncc2)CC1. The fourth-order valence-corrected chi connectivity index (χ4v) is 3.03. The number of nitrogens with one attached hydrogen (secondary N) is 1. The maximum absolute atomic E-state index is 12.4. The van der Waals surface area contributed by atoms with Crippen molar-refractivity contribution in [2.75, 3.05) is 38.2 Å². The first-order valence-corrected chi connectivity index (χ1v) is 8.51. The Balaban J connectivity index is 1.50. The summed E-state index contributed by atoms with van der Waals surface area (Å²) < 4.78 is 5.21. The predicted octanol–water partition coefficient (Wildman–Crippen LogP) is 2.26. The van der Waals surface area contributed by atoms with Crippen LogP contribution in [0.15, 0.2) is 48.8 Å². The van der Waals surface area contributed by atoms with Crippen LogP contribution in [0.1, 0.15) is 11.1 Å². The van der Waals surface area contributed by atoms with Gasteiger partial charge in [-0.25, -0.2) is 4.79 Å². The van der Waals surface area contributed by atoms with Crippen LogP contribution in [0.25, 0.3) is 0 Å². The van der Waals surface area contributed by atoms with Crippen molar-refractivity contribution in [3.8, 4) is 0 Å². The Labute approximate surface area is 148 Å². The number of nitrogens with zero attached hydrogens (tertiary/aromatic N) is 3. The van der Waals surface area contributed by atoms with Crippen molar-refractivity contribution in [2.24, 2.45) is 0 Å². The van der Waals surface area contributed by atoms with Gasteiger partial charge in [-0.2, -0.15) is 0 Å². The molecule has 2 aromatic rings. The van der Waals surface area contributed by atoms with E-state index in [0.717, 1.165) is 29.9 Å². The van der Waals surface area contributed by atoms with Crippen LogP contribution in [-0.4, -0.2) is 49.2 Å². The van der Waals surface area contributed by atoms with Crippen LogP contribution in [0, 0.1) is 0 Å². The zero-order chi connectivity index (χ0) is 17.5. The molecule has 6 nitrogen and oxygen atoms in total. The quantitative estimate of drug-likeness (QED) is 0.907. The normalized spacial score (nSPS) is 14.4. The van der Waals surface area contributed by atoms with Crippen molar-refractivity contribution < 1.29 is 9.53 Å². The summed E-state index contributed by atoms with van der Waals surface area (Å²) in [5.74, 6) is 0. The number of hydrogen-bond acceptors (Lipinski definition) is 4. The summed E-state index contributed by atoms with van der Waals surface area (Å²) in [4.78, 5) is 20.6. The minimum Gasteiger partial charge on any atom is -0.380 e. The van der Waals surface area contributed by atoms with Gasteiger partial charge in [0.25, 0.3) is 0 Å². The molecule has 6 heteroatoms. The van der Waals surface area contributed by atoms with E-state index >= 15 is 0 Å². The standard InChI is InChI=1S/C19H24N4O2/c1-25-15-17-5-3-2-4-16(17)14-21-19(24)23-12-10-22(11-13-23)18-6-8-20-9-7-18/h2-9H,10-15H2,1H3,(H,21,24). The number of rotatable bonds is 5. The van der Waals surface area contributed by atoms with Crippen molar-refractivity contribution in [2.45, 2.75) is 13.2 Å². The number of anilines is 1. The second-order valence-corrected chi connectivity index (χ2v) is 6.04. The molecule has 2 heterocycles. The average molecular weight is 340 g/mol. The molecule has 1 N–H and O–H groups in total. The number of urea groups is 1. The van der Waals surface area contributed by atoms with Crippen LogP contribution in [0.2, 0.25) is 0 Å². The van der Waals surface area contributed by atoms with Crippen molar-refractivity contribution in [1.82, 2.24) is 15.2 Å². The molecule has 2 amide bonds. The number of carbonyl (C=O) groups excluding carboxylic acids is 1. The van der Waals surface area contributed by atoms with E-state index in [9.17, 15) is 4.79 Å². The summed E-state index contributed by atoms with van der Waals surface area (Å²) in [5.41, 5.74) is 3.35. The molecule has 1 aliphatic heterocycles. The molecular weight excluding hydrogens is 316 g/mol. The highest BCUT2D eigenvalue weighted by molar-refractivity contribution is 5.74. The Hall–Kier alpha value is -2.60. The van der Waals surface area contributed by atoms with Gasteiger partial charge in [-0.05, 0) is 23.3 Å². The fraction of sp³-hybridized carbons (Fsp3) is 0.368. The number of piperazine rings is 1. The summed E-state index contributed by atoms with van der Waals surface area (Å²) in [7, 11) is 1.68. The lowest BCUT2D eigenvalue weighted by atomic mass is 10.1. The van der Waals surface area contributed by atoms with Gasteiger partial charge in [-0.3, -0.25) is 4.98 Å². The topological polar surface area (TPSA) is 57.7 Å². The van der Waals surface area contributed by atoms with Gasteiger partial charge in [0.2, 0.25) is 0 Å². The molecule has 0 aliphatic carbocycles.